The van der Waals surface area contributed by atoms with Crippen LogP contribution < -0.4 is 10.5 Å². The molecule has 4 heteroatoms. The van der Waals surface area contributed by atoms with Crippen molar-refractivity contribution in [1.82, 2.24) is 0 Å². The second-order valence-electron chi connectivity index (χ2n) is 2.92. The van der Waals surface area contributed by atoms with E-state index >= 15 is 0 Å². The smallest absolute Gasteiger partial charge is 0.267 e. The zero-order chi connectivity index (χ0) is 10.6. The van der Waals surface area contributed by atoms with E-state index in [9.17, 15) is 8.78 Å². The summed E-state index contributed by atoms with van der Waals surface area (Å²) in [4.78, 5) is 0. The first-order valence-electron chi connectivity index (χ1n) is 4.34. The van der Waals surface area contributed by atoms with E-state index in [2.05, 4.69) is 0 Å². The van der Waals surface area contributed by atoms with Crippen molar-refractivity contribution in [2.45, 2.75) is 12.8 Å². The number of benzene rings is 1. The average Bonchev–Trinajstić information content (AvgIpc) is 2.17. The first-order valence-corrected chi connectivity index (χ1v) is 4.34. The molecule has 0 aliphatic heterocycles. The maximum absolute atomic E-state index is 12.4. The van der Waals surface area contributed by atoms with Crippen LogP contribution in [0.25, 0.3) is 0 Å². The van der Waals surface area contributed by atoms with Crippen molar-refractivity contribution in [3.8, 4) is 5.75 Å². The highest BCUT2D eigenvalue weighted by molar-refractivity contribution is 5.38. The van der Waals surface area contributed by atoms with Gasteiger partial charge in [0.2, 0.25) is 0 Å². The Labute approximate surface area is 81.7 Å². The van der Waals surface area contributed by atoms with Gasteiger partial charge in [-0.2, -0.15) is 0 Å². The molecule has 78 valence electrons. The first-order chi connectivity index (χ1) is 6.69. The second kappa shape index (κ2) is 4.91. The number of methoxy groups -OCH3 is 1. The molecule has 0 fully saturated rings. The Morgan fingerprint density at radius 1 is 1.43 bits per heavy atom. The molecule has 0 amide bonds. The Bertz CT molecular complexity index is 302. The fourth-order valence-electron chi connectivity index (χ4n) is 1.26. The number of alkyl halides is 2. The van der Waals surface area contributed by atoms with Crippen LogP contribution in [0.4, 0.5) is 8.78 Å². The van der Waals surface area contributed by atoms with Gasteiger partial charge >= 0.3 is 0 Å². The van der Waals surface area contributed by atoms with E-state index in [4.69, 9.17) is 10.5 Å². The highest BCUT2D eigenvalue weighted by atomic mass is 19.3. The van der Waals surface area contributed by atoms with Gasteiger partial charge in [0.1, 0.15) is 5.75 Å². The summed E-state index contributed by atoms with van der Waals surface area (Å²) < 4.78 is 29.7. The quantitative estimate of drug-likeness (QED) is 0.809. The summed E-state index contributed by atoms with van der Waals surface area (Å²) in [6.45, 7) is 0.497. The number of ether oxygens (including phenoxy) is 1. The third-order valence-electron chi connectivity index (χ3n) is 1.97. The molecule has 0 saturated heterocycles. The van der Waals surface area contributed by atoms with Gasteiger partial charge in [0, 0.05) is 0 Å². The Morgan fingerprint density at radius 2 is 2.14 bits per heavy atom. The van der Waals surface area contributed by atoms with Crippen LogP contribution in [0.5, 0.6) is 5.75 Å². The normalized spacial score (nSPS) is 10.6. The SMILES string of the molecule is COc1cc(CCN)ccc1C(F)F. The Morgan fingerprint density at radius 3 is 2.64 bits per heavy atom. The first kappa shape index (κ1) is 10.9. The van der Waals surface area contributed by atoms with Gasteiger partial charge in [0.25, 0.3) is 6.43 Å². The van der Waals surface area contributed by atoms with Crippen LogP contribution >= 0.6 is 0 Å². The highest BCUT2D eigenvalue weighted by Crippen LogP contribution is 2.29. The van der Waals surface area contributed by atoms with E-state index in [1.54, 1.807) is 12.1 Å². The number of hydrogen-bond acceptors (Lipinski definition) is 2. The van der Waals surface area contributed by atoms with Gasteiger partial charge in [0.05, 0.1) is 12.7 Å². The van der Waals surface area contributed by atoms with Gasteiger partial charge in [-0.3, -0.25) is 0 Å². The molecular weight excluding hydrogens is 188 g/mol. The number of hydrogen-bond donors (Lipinski definition) is 1. The van der Waals surface area contributed by atoms with Crippen molar-refractivity contribution < 1.29 is 13.5 Å². The predicted molar refractivity (Wildman–Crippen MR) is 50.7 cm³/mol. The van der Waals surface area contributed by atoms with Gasteiger partial charge in [-0.15, -0.1) is 0 Å². The molecule has 1 rings (SSSR count). The summed E-state index contributed by atoms with van der Waals surface area (Å²) in [6.07, 6.45) is -1.84. The predicted octanol–water partition coefficient (Wildman–Crippen LogP) is 2.13. The summed E-state index contributed by atoms with van der Waals surface area (Å²) in [5.74, 6) is 0.228. The van der Waals surface area contributed by atoms with Crippen molar-refractivity contribution >= 4 is 0 Å². The van der Waals surface area contributed by atoms with Gasteiger partial charge in [-0.1, -0.05) is 6.07 Å². The minimum atomic E-state index is -2.50. The topological polar surface area (TPSA) is 35.2 Å². The highest BCUT2D eigenvalue weighted by Gasteiger charge is 2.13. The van der Waals surface area contributed by atoms with Gasteiger partial charge in [-0.25, -0.2) is 8.78 Å². The van der Waals surface area contributed by atoms with E-state index in [0.717, 1.165) is 5.56 Å². The van der Waals surface area contributed by atoms with E-state index in [1.807, 2.05) is 0 Å². The summed E-state index contributed by atoms with van der Waals surface area (Å²) in [6, 6.07) is 4.64. The van der Waals surface area contributed by atoms with Crippen LogP contribution in [-0.4, -0.2) is 13.7 Å². The van der Waals surface area contributed by atoms with E-state index in [0.29, 0.717) is 13.0 Å². The maximum Gasteiger partial charge on any atom is 0.267 e. The minimum Gasteiger partial charge on any atom is -0.496 e. The van der Waals surface area contributed by atoms with Crippen molar-refractivity contribution in [2.75, 3.05) is 13.7 Å². The van der Waals surface area contributed by atoms with Crippen LogP contribution in [0.1, 0.15) is 17.6 Å². The van der Waals surface area contributed by atoms with E-state index in [1.165, 1.54) is 13.2 Å². The molecule has 0 unspecified atom stereocenters. The number of halogens is 2. The molecule has 1 aromatic carbocycles. The number of rotatable bonds is 4. The molecule has 2 nitrogen and oxygen atoms in total. The summed E-state index contributed by atoms with van der Waals surface area (Å²) in [5.41, 5.74) is 6.20. The molecule has 14 heavy (non-hydrogen) atoms. The van der Waals surface area contributed by atoms with Gasteiger partial charge < -0.3 is 10.5 Å². The molecule has 0 aliphatic rings. The molecule has 0 heterocycles. The zero-order valence-electron chi connectivity index (χ0n) is 7.97. The van der Waals surface area contributed by atoms with Crippen LogP contribution in [0.15, 0.2) is 18.2 Å². The summed E-state index contributed by atoms with van der Waals surface area (Å²) in [5, 5.41) is 0. The van der Waals surface area contributed by atoms with Crippen molar-refractivity contribution in [2.24, 2.45) is 5.73 Å². The van der Waals surface area contributed by atoms with Crippen molar-refractivity contribution in [3.63, 3.8) is 0 Å². The number of nitrogens with two attached hydrogens (primary N) is 1. The molecule has 0 spiro atoms. The molecule has 0 aromatic heterocycles. The van der Waals surface area contributed by atoms with E-state index < -0.39 is 6.43 Å². The second-order valence-corrected chi connectivity index (χ2v) is 2.92. The molecule has 0 saturated carbocycles. The molecule has 0 bridgehead atoms. The van der Waals surface area contributed by atoms with Gasteiger partial charge in [0.15, 0.2) is 0 Å². The third kappa shape index (κ3) is 2.42. The Balaban J connectivity index is 2.99. The summed E-state index contributed by atoms with van der Waals surface area (Å²) >= 11 is 0. The molecule has 1 aromatic rings. The lowest BCUT2D eigenvalue weighted by Gasteiger charge is -2.09. The summed E-state index contributed by atoms with van der Waals surface area (Å²) in [7, 11) is 1.38. The monoisotopic (exact) mass is 201 g/mol. The Hall–Kier alpha value is -1.16. The molecule has 0 aliphatic carbocycles. The molecular formula is C10H13F2NO. The maximum atomic E-state index is 12.4. The van der Waals surface area contributed by atoms with Crippen LogP contribution in [0, 0.1) is 0 Å². The lowest BCUT2D eigenvalue weighted by molar-refractivity contribution is 0.147. The van der Waals surface area contributed by atoms with Crippen LogP contribution in [-0.2, 0) is 6.42 Å². The lowest BCUT2D eigenvalue weighted by Crippen LogP contribution is -2.03. The van der Waals surface area contributed by atoms with Crippen molar-refractivity contribution in [1.29, 1.82) is 0 Å². The van der Waals surface area contributed by atoms with E-state index in [-0.39, 0.29) is 11.3 Å². The molecule has 0 atom stereocenters. The zero-order valence-corrected chi connectivity index (χ0v) is 7.97. The fraction of sp³-hybridized carbons (Fsp3) is 0.400. The lowest BCUT2D eigenvalue weighted by atomic mass is 10.1. The van der Waals surface area contributed by atoms with Crippen LogP contribution in [0.3, 0.4) is 0 Å². The largest absolute Gasteiger partial charge is 0.496 e. The standard InChI is InChI=1S/C10H13F2NO/c1-14-9-6-7(4-5-13)2-3-8(9)10(11)12/h2-3,6,10H,4-5,13H2,1H3. The van der Waals surface area contributed by atoms with Crippen LogP contribution in [0.2, 0.25) is 0 Å². The average molecular weight is 201 g/mol. The Kier molecular flexibility index (Phi) is 3.83. The fourth-order valence-corrected chi connectivity index (χ4v) is 1.26. The third-order valence-corrected chi connectivity index (χ3v) is 1.97. The van der Waals surface area contributed by atoms with Crippen molar-refractivity contribution in [3.05, 3.63) is 29.3 Å². The molecule has 0 radical (unpaired) electrons. The van der Waals surface area contributed by atoms with Gasteiger partial charge in [-0.05, 0) is 30.7 Å². The molecule has 2 N–H and O–H groups in total. The minimum absolute atomic E-state index is 0.0757.